The number of nitrogens with two attached hydrogens (primary N) is 1. The Morgan fingerprint density at radius 2 is 2.03 bits per heavy atom. The number of benzene rings is 1. The van der Waals surface area contributed by atoms with Crippen LogP contribution in [-0.2, 0) is 24.4 Å². The second-order valence-electron chi connectivity index (χ2n) is 11.6. The van der Waals surface area contributed by atoms with Gasteiger partial charge in [0.2, 0.25) is 0 Å². The van der Waals surface area contributed by atoms with Gasteiger partial charge < -0.3 is 15.6 Å². The van der Waals surface area contributed by atoms with E-state index in [1.165, 1.54) is 16.8 Å². The largest absolute Gasteiger partial charge is 0.365 e. The third-order valence-electron chi connectivity index (χ3n) is 7.55. The number of aryl methyl sites for hydroxylation is 1. The van der Waals surface area contributed by atoms with Gasteiger partial charge in [0.05, 0.1) is 40.1 Å². The van der Waals surface area contributed by atoms with Gasteiger partial charge in [0, 0.05) is 42.3 Å². The van der Waals surface area contributed by atoms with Crippen molar-refractivity contribution in [3.63, 3.8) is 0 Å². The molecule has 0 saturated heterocycles. The van der Waals surface area contributed by atoms with Crippen LogP contribution in [0, 0.1) is 12.3 Å². The van der Waals surface area contributed by atoms with Gasteiger partial charge in [-0.1, -0.05) is 44.7 Å². The van der Waals surface area contributed by atoms with E-state index in [9.17, 15) is 4.79 Å². The van der Waals surface area contributed by atoms with Gasteiger partial charge in [0.25, 0.3) is 5.91 Å². The molecule has 0 aliphatic carbocycles. The summed E-state index contributed by atoms with van der Waals surface area (Å²) >= 11 is 1.55. The molecule has 10 heteroatoms. The van der Waals surface area contributed by atoms with Crippen molar-refractivity contribution in [2.75, 3.05) is 13.6 Å². The van der Waals surface area contributed by atoms with Crippen molar-refractivity contribution in [1.82, 2.24) is 34.5 Å². The molecule has 202 valence electrons. The predicted octanol–water partition coefficient (Wildman–Crippen LogP) is 4.49. The third-order valence-corrected chi connectivity index (χ3v) is 9.31. The lowest BCUT2D eigenvalue weighted by molar-refractivity contribution is -0.113. The van der Waals surface area contributed by atoms with Crippen molar-refractivity contribution in [2.45, 2.75) is 52.7 Å². The highest BCUT2D eigenvalue weighted by Gasteiger charge is 2.36. The highest BCUT2D eigenvalue weighted by atomic mass is 32.2. The first kappa shape index (κ1) is 25.6. The average Bonchev–Trinajstić information content (AvgIpc) is 3.60. The van der Waals surface area contributed by atoms with E-state index in [1.807, 2.05) is 12.4 Å². The standard InChI is InChI=1S/C29H34N8OS/c1-17-10-18(6-7-19(17)13-36-15-24(26(30)38)39-28(36)29(2,3)4)25-20-11-22(34-27(20)32-16-31-25)21-12-33-37-9-8-35(5)14-23(21)37/h6-7,10-12,15-16,28H,8-9,13-14H2,1-5H3,(H2,30,38)(H,31,32,34). The Balaban J connectivity index is 1.32. The van der Waals surface area contributed by atoms with Crippen LogP contribution in [-0.4, -0.2) is 59.4 Å². The molecule has 3 N–H and O–H groups in total. The molecule has 9 nitrogen and oxygen atoms in total. The number of primary amides is 1. The van der Waals surface area contributed by atoms with Gasteiger partial charge >= 0.3 is 0 Å². The van der Waals surface area contributed by atoms with Gasteiger partial charge in [-0.2, -0.15) is 5.10 Å². The SMILES string of the molecule is Cc1cc(-c2ncnc3[nH]c(-c4cnn5c4CN(C)CC5)cc23)ccc1CN1C=C(C(N)=O)SC1C(C)(C)C. The summed E-state index contributed by atoms with van der Waals surface area (Å²) < 4.78 is 2.10. The second-order valence-corrected chi connectivity index (χ2v) is 12.8. The molecule has 2 aliphatic heterocycles. The number of thioether (sulfide) groups is 1. The summed E-state index contributed by atoms with van der Waals surface area (Å²) in [5.41, 5.74) is 14.1. The fraction of sp³-hybridized carbons (Fsp3) is 0.379. The van der Waals surface area contributed by atoms with Crippen molar-refractivity contribution in [3.05, 3.63) is 64.7 Å². The summed E-state index contributed by atoms with van der Waals surface area (Å²) in [5, 5.41) is 5.74. The Labute approximate surface area is 232 Å². The molecule has 3 aromatic heterocycles. The lowest BCUT2D eigenvalue weighted by atomic mass is 9.95. The number of carbonyl (C=O) groups excluding carboxylic acids is 1. The Hall–Kier alpha value is -3.63. The monoisotopic (exact) mass is 542 g/mol. The lowest BCUT2D eigenvalue weighted by Gasteiger charge is -2.35. The number of nitrogens with zero attached hydrogens (tertiary/aromatic N) is 6. The number of likely N-dealkylation sites (N-methyl/N-ethyl adjacent to an activating group) is 1. The van der Waals surface area contributed by atoms with Crippen LogP contribution in [0.25, 0.3) is 33.5 Å². The van der Waals surface area contributed by atoms with Crippen LogP contribution >= 0.6 is 11.8 Å². The maximum Gasteiger partial charge on any atom is 0.256 e. The van der Waals surface area contributed by atoms with Crippen LogP contribution in [0.1, 0.15) is 37.6 Å². The van der Waals surface area contributed by atoms with Gasteiger partial charge in [-0.3, -0.25) is 14.4 Å². The highest BCUT2D eigenvalue weighted by Crippen LogP contribution is 2.43. The number of aromatic amines is 1. The van der Waals surface area contributed by atoms with E-state index < -0.39 is 0 Å². The van der Waals surface area contributed by atoms with Crippen molar-refractivity contribution < 1.29 is 4.79 Å². The highest BCUT2D eigenvalue weighted by molar-refractivity contribution is 8.04. The van der Waals surface area contributed by atoms with E-state index in [1.54, 1.807) is 18.1 Å². The molecule has 6 rings (SSSR count). The first-order valence-corrected chi connectivity index (χ1v) is 14.1. The zero-order chi connectivity index (χ0) is 27.5. The molecule has 4 aromatic rings. The fourth-order valence-corrected chi connectivity index (χ4v) is 6.67. The molecule has 1 amide bonds. The van der Waals surface area contributed by atoms with Gasteiger partial charge in [0.15, 0.2) is 0 Å². The zero-order valence-electron chi connectivity index (χ0n) is 23.0. The number of hydrogen-bond acceptors (Lipinski definition) is 7. The van der Waals surface area contributed by atoms with Crippen LogP contribution in [0.5, 0.6) is 0 Å². The quantitative estimate of drug-likeness (QED) is 0.382. The summed E-state index contributed by atoms with van der Waals surface area (Å²) in [6.45, 7) is 12.2. The molecule has 1 aromatic carbocycles. The molecule has 0 spiro atoms. The van der Waals surface area contributed by atoms with Crippen LogP contribution in [0.15, 0.2) is 47.9 Å². The smallest absolute Gasteiger partial charge is 0.256 e. The minimum atomic E-state index is -0.369. The Morgan fingerprint density at radius 1 is 1.21 bits per heavy atom. The second kappa shape index (κ2) is 9.53. The van der Waals surface area contributed by atoms with Crippen LogP contribution in [0.3, 0.4) is 0 Å². The summed E-state index contributed by atoms with van der Waals surface area (Å²) in [5.74, 6) is -0.369. The van der Waals surface area contributed by atoms with Gasteiger partial charge in [0.1, 0.15) is 12.0 Å². The van der Waals surface area contributed by atoms with E-state index in [0.717, 1.165) is 53.2 Å². The van der Waals surface area contributed by atoms with E-state index in [0.29, 0.717) is 11.4 Å². The Morgan fingerprint density at radius 3 is 2.77 bits per heavy atom. The van der Waals surface area contributed by atoms with Crippen molar-refractivity contribution in [2.24, 2.45) is 11.1 Å². The van der Waals surface area contributed by atoms with Crippen molar-refractivity contribution in [1.29, 1.82) is 0 Å². The summed E-state index contributed by atoms with van der Waals surface area (Å²) in [4.78, 5) is 29.8. The molecule has 0 saturated carbocycles. The average molecular weight is 543 g/mol. The third kappa shape index (κ3) is 4.72. The number of aromatic nitrogens is 5. The Bertz CT molecular complexity index is 1610. The molecule has 39 heavy (non-hydrogen) atoms. The summed E-state index contributed by atoms with van der Waals surface area (Å²) in [6, 6.07) is 8.62. The van der Waals surface area contributed by atoms with Crippen LogP contribution in [0.2, 0.25) is 0 Å². The van der Waals surface area contributed by atoms with Crippen LogP contribution < -0.4 is 5.73 Å². The molecule has 1 atom stereocenters. The van der Waals surface area contributed by atoms with Crippen molar-refractivity contribution in [3.8, 4) is 22.5 Å². The number of rotatable bonds is 5. The topological polar surface area (TPSA) is 109 Å². The van der Waals surface area contributed by atoms with E-state index in [-0.39, 0.29) is 16.7 Å². The maximum atomic E-state index is 11.9. The van der Waals surface area contributed by atoms with Gasteiger partial charge in [-0.05, 0) is 42.6 Å². The number of hydrogen-bond donors (Lipinski definition) is 2. The Kier molecular flexibility index (Phi) is 6.27. The van der Waals surface area contributed by atoms with Crippen molar-refractivity contribution >= 4 is 28.7 Å². The predicted molar refractivity (Wildman–Crippen MR) is 155 cm³/mol. The molecule has 2 aliphatic rings. The van der Waals surface area contributed by atoms with Crippen LogP contribution in [0.4, 0.5) is 0 Å². The number of fused-ring (bicyclic) bond motifs is 2. The van der Waals surface area contributed by atoms with E-state index >= 15 is 0 Å². The first-order chi connectivity index (χ1) is 18.6. The molecule has 0 fully saturated rings. The molecular formula is C29H34N8OS. The number of carbonyl (C=O) groups is 1. The molecule has 5 heterocycles. The van der Waals surface area contributed by atoms with Gasteiger partial charge in [-0.15, -0.1) is 0 Å². The number of amides is 1. The maximum absolute atomic E-state index is 11.9. The minimum absolute atomic E-state index is 0.0187. The fourth-order valence-electron chi connectivity index (χ4n) is 5.49. The summed E-state index contributed by atoms with van der Waals surface area (Å²) in [7, 11) is 2.14. The molecule has 1 unspecified atom stereocenters. The molecule has 0 radical (unpaired) electrons. The first-order valence-electron chi connectivity index (χ1n) is 13.2. The zero-order valence-corrected chi connectivity index (χ0v) is 23.8. The minimum Gasteiger partial charge on any atom is -0.365 e. The van der Waals surface area contributed by atoms with Gasteiger partial charge in [-0.25, -0.2) is 9.97 Å². The number of nitrogens with one attached hydrogen (secondary N) is 1. The van der Waals surface area contributed by atoms with E-state index in [4.69, 9.17) is 5.73 Å². The van der Waals surface area contributed by atoms with E-state index in [2.05, 4.69) is 93.5 Å². The normalized spacial score (nSPS) is 18.0. The molecule has 0 bridgehead atoms. The molecular weight excluding hydrogens is 508 g/mol. The number of H-pyrrole nitrogens is 1. The summed E-state index contributed by atoms with van der Waals surface area (Å²) in [6.07, 6.45) is 5.48. The lowest BCUT2D eigenvalue weighted by Crippen LogP contribution is -2.35.